The van der Waals surface area contributed by atoms with Crippen LogP contribution in [0.1, 0.15) is 6.42 Å². The van der Waals surface area contributed by atoms with E-state index in [2.05, 4.69) is 10.6 Å². The van der Waals surface area contributed by atoms with Gasteiger partial charge in [0.25, 0.3) is 0 Å². The fourth-order valence-corrected chi connectivity index (χ4v) is 3.73. The van der Waals surface area contributed by atoms with E-state index in [1.54, 1.807) is 0 Å². The minimum absolute atomic E-state index is 0.0575. The molecule has 2 aliphatic carbocycles. The van der Waals surface area contributed by atoms with Crippen molar-refractivity contribution in [3.63, 3.8) is 0 Å². The van der Waals surface area contributed by atoms with E-state index in [0.717, 1.165) is 6.07 Å². The molecule has 1 aromatic rings. The molecule has 128 valence electrons. The van der Waals surface area contributed by atoms with Gasteiger partial charge in [0, 0.05) is 17.6 Å². The fourth-order valence-electron chi connectivity index (χ4n) is 3.73. The Balaban J connectivity index is 1.70. The van der Waals surface area contributed by atoms with E-state index in [4.69, 9.17) is 5.73 Å². The van der Waals surface area contributed by atoms with Crippen molar-refractivity contribution in [1.29, 1.82) is 0 Å². The third kappa shape index (κ3) is 2.56. The molecule has 2 amide bonds. The van der Waals surface area contributed by atoms with Gasteiger partial charge in [-0.3, -0.25) is 9.59 Å². The van der Waals surface area contributed by atoms with Crippen molar-refractivity contribution < 1.29 is 29.0 Å². The van der Waals surface area contributed by atoms with E-state index in [0.29, 0.717) is 0 Å². The van der Waals surface area contributed by atoms with E-state index in [-0.39, 0.29) is 12.1 Å². The number of benzene rings is 1. The molecule has 0 heterocycles. The molecule has 0 aliphatic heterocycles. The van der Waals surface area contributed by atoms with Crippen molar-refractivity contribution in [3.05, 3.63) is 30.1 Å². The third-order valence-electron chi connectivity index (χ3n) is 4.77. The van der Waals surface area contributed by atoms with Gasteiger partial charge in [-0.05, 0) is 30.5 Å². The van der Waals surface area contributed by atoms with Gasteiger partial charge in [-0.15, -0.1) is 0 Å². The number of nitrogens with one attached hydrogen (secondary N) is 2. The zero-order valence-corrected chi connectivity index (χ0v) is 12.4. The topological polar surface area (TPSA) is 142 Å². The number of carbonyl (C=O) groups excluding carboxylic acids is 1. The van der Waals surface area contributed by atoms with Crippen molar-refractivity contribution in [2.45, 2.75) is 18.0 Å². The fraction of sp³-hybridized carbons (Fsp3) is 0.400. The highest BCUT2D eigenvalue weighted by molar-refractivity contribution is 5.90. The minimum atomic E-state index is -1.68. The molecule has 1 aromatic carbocycles. The summed E-state index contributed by atoms with van der Waals surface area (Å²) in [7, 11) is 0. The lowest BCUT2D eigenvalue weighted by molar-refractivity contribution is -0.145. The van der Waals surface area contributed by atoms with Gasteiger partial charge in [-0.25, -0.2) is 9.18 Å². The molecule has 0 spiro atoms. The highest BCUT2D eigenvalue weighted by Crippen LogP contribution is 2.61. The number of halogens is 1. The second-order valence-electron chi connectivity index (χ2n) is 6.23. The van der Waals surface area contributed by atoms with Crippen LogP contribution in [-0.4, -0.2) is 39.8 Å². The first-order valence-corrected chi connectivity index (χ1v) is 7.32. The largest absolute Gasteiger partial charge is 0.481 e. The first-order valence-electron chi connectivity index (χ1n) is 7.32. The van der Waals surface area contributed by atoms with Crippen LogP contribution in [-0.2, 0) is 9.59 Å². The number of anilines is 1. The minimum Gasteiger partial charge on any atom is -0.481 e. The summed E-state index contributed by atoms with van der Waals surface area (Å²) in [5, 5.41) is 23.4. The lowest BCUT2D eigenvalue weighted by Gasteiger charge is -2.25. The number of hydrogen-bond acceptors (Lipinski definition) is 4. The third-order valence-corrected chi connectivity index (χ3v) is 4.77. The maximum absolute atomic E-state index is 13.1. The van der Waals surface area contributed by atoms with Gasteiger partial charge < -0.3 is 26.6 Å². The van der Waals surface area contributed by atoms with Crippen LogP contribution in [0.25, 0.3) is 0 Å². The van der Waals surface area contributed by atoms with E-state index < -0.39 is 53.1 Å². The van der Waals surface area contributed by atoms with E-state index in [9.17, 15) is 29.0 Å². The molecule has 3 rings (SSSR count). The Morgan fingerprint density at radius 2 is 2.00 bits per heavy atom. The quantitative estimate of drug-likeness (QED) is 0.540. The number of aliphatic carboxylic acids is 2. The highest BCUT2D eigenvalue weighted by atomic mass is 19.1. The SMILES string of the molecule is NC1(C(=O)O)CC(NC(=O)Nc2cccc(F)c2)C2C(C(=O)O)C21. The Kier molecular flexibility index (Phi) is 3.67. The number of fused-ring (bicyclic) bond motifs is 1. The van der Waals surface area contributed by atoms with E-state index in [1.165, 1.54) is 18.2 Å². The Hall–Kier alpha value is -2.68. The molecule has 5 atom stereocenters. The second kappa shape index (κ2) is 5.45. The van der Waals surface area contributed by atoms with Crippen LogP contribution >= 0.6 is 0 Å². The molecule has 0 aromatic heterocycles. The van der Waals surface area contributed by atoms with Crippen LogP contribution in [0.2, 0.25) is 0 Å². The summed E-state index contributed by atoms with van der Waals surface area (Å²) >= 11 is 0. The van der Waals surface area contributed by atoms with Gasteiger partial charge >= 0.3 is 18.0 Å². The van der Waals surface area contributed by atoms with E-state index >= 15 is 0 Å². The van der Waals surface area contributed by atoms with Gasteiger partial charge in [0.1, 0.15) is 11.4 Å². The van der Waals surface area contributed by atoms with Crippen LogP contribution < -0.4 is 16.4 Å². The monoisotopic (exact) mass is 337 g/mol. The van der Waals surface area contributed by atoms with E-state index in [1.807, 2.05) is 0 Å². The summed E-state index contributed by atoms with van der Waals surface area (Å²) in [5.41, 5.74) is 4.42. The molecule has 9 heteroatoms. The number of nitrogens with two attached hydrogens (primary N) is 1. The van der Waals surface area contributed by atoms with Gasteiger partial charge in [0.2, 0.25) is 0 Å². The summed E-state index contributed by atoms with van der Waals surface area (Å²) in [6.45, 7) is 0. The van der Waals surface area contributed by atoms with Crippen LogP contribution in [0.5, 0.6) is 0 Å². The number of carbonyl (C=O) groups is 3. The normalized spacial score (nSPS) is 33.4. The molecule has 5 unspecified atom stereocenters. The Morgan fingerprint density at radius 3 is 2.58 bits per heavy atom. The Bertz CT molecular complexity index is 727. The molecule has 0 saturated heterocycles. The molecule has 0 bridgehead atoms. The number of rotatable bonds is 4. The number of amides is 2. The molecule has 2 saturated carbocycles. The standard InChI is InChI=1S/C15H16FN3O5/c16-6-2-1-3-7(4-6)18-14(24)19-8-5-15(17,13(22)23)11-9(8)10(11)12(20)21/h1-4,8-11H,5,17H2,(H,20,21)(H,22,23)(H2,18,19,24). The number of hydrogen-bond donors (Lipinski definition) is 5. The maximum Gasteiger partial charge on any atom is 0.324 e. The maximum atomic E-state index is 13.1. The molecular weight excluding hydrogens is 321 g/mol. The van der Waals surface area contributed by atoms with Crippen molar-refractivity contribution in [3.8, 4) is 0 Å². The van der Waals surface area contributed by atoms with Crippen molar-refractivity contribution in [2.75, 3.05) is 5.32 Å². The summed E-state index contributed by atoms with van der Waals surface area (Å²) in [5.74, 6) is -5.06. The van der Waals surface area contributed by atoms with Crippen LogP contribution in [0.15, 0.2) is 24.3 Å². The first-order chi connectivity index (χ1) is 11.2. The van der Waals surface area contributed by atoms with Crippen molar-refractivity contribution in [2.24, 2.45) is 23.5 Å². The summed E-state index contributed by atoms with van der Waals surface area (Å²) in [4.78, 5) is 34.6. The lowest BCUT2D eigenvalue weighted by Crippen LogP contribution is -2.52. The van der Waals surface area contributed by atoms with Gasteiger partial charge in [0.15, 0.2) is 0 Å². The van der Waals surface area contributed by atoms with Crippen molar-refractivity contribution >= 4 is 23.7 Å². The van der Waals surface area contributed by atoms with Crippen LogP contribution in [0.4, 0.5) is 14.9 Å². The second-order valence-corrected chi connectivity index (χ2v) is 6.23. The number of carboxylic acids is 2. The zero-order valence-electron chi connectivity index (χ0n) is 12.4. The summed E-state index contributed by atoms with van der Waals surface area (Å²) in [6, 6.07) is 3.91. The van der Waals surface area contributed by atoms with Crippen molar-refractivity contribution in [1.82, 2.24) is 5.32 Å². The van der Waals surface area contributed by atoms with Gasteiger partial charge in [-0.1, -0.05) is 6.07 Å². The Labute approximate surface area is 135 Å². The molecule has 2 fully saturated rings. The molecule has 24 heavy (non-hydrogen) atoms. The summed E-state index contributed by atoms with van der Waals surface area (Å²) in [6.07, 6.45) is -0.0575. The van der Waals surface area contributed by atoms with Crippen LogP contribution in [0, 0.1) is 23.6 Å². The Morgan fingerprint density at radius 1 is 1.29 bits per heavy atom. The zero-order chi connectivity index (χ0) is 17.6. The molecular formula is C15H16FN3O5. The first kappa shape index (κ1) is 16.2. The van der Waals surface area contributed by atoms with Gasteiger partial charge in [0.05, 0.1) is 5.92 Å². The number of urea groups is 1. The molecule has 2 aliphatic rings. The predicted molar refractivity (Wildman–Crippen MR) is 79.6 cm³/mol. The predicted octanol–water partition coefficient (Wildman–Crippen LogP) is 0.448. The molecule has 6 N–H and O–H groups in total. The summed E-state index contributed by atoms with van der Waals surface area (Å²) < 4.78 is 13.1. The average Bonchev–Trinajstić information content (AvgIpc) is 3.16. The smallest absolute Gasteiger partial charge is 0.324 e. The highest BCUT2D eigenvalue weighted by Gasteiger charge is 2.74. The molecule has 0 radical (unpaired) electrons. The van der Waals surface area contributed by atoms with Gasteiger partial charge in [-0.2, -0.15) is 0 Å². The lowest BCUT2D eigenvalue weighted by atomic mass is 9.90. The average molecular weight is 337 g/mol. The van der Waals surface area contributed by atoms with Crippen LogP contribution in [0.3, 0.4) is 0 Å². The molecule has 8 nitrogen and oxygen atoms in total. The number of carboxylic acid groups (broad SMARTS) is 2.